The summed E-state index contributed by atoms with van der Waals surface area (Å²) in [6, 6.07) is 20.1. The van der Waals surface area contributed by atoms with Crippen LogP contribution in [0.2, 0.25) is 0 Å². The third kappa shape index (κ3) is 5.16. The van der Waals surface area contributed by atoms with E-state index in [1.807, 2.05) is 6.07 Å². The maximum atomic E-state index is 13.1. The molecule has 3 rings (SSSR count). The van der Waals surface area contributed by atoms with Gasteiger partial charge in [-0.1, -0.05) is 48.5 Å². The molecule has 0 amide bonds. The minimum Gasteiger partial charge on any atom is -0.489 e. The smallest absolute Gasteiger partial charge is 0.180 e. The van der Waals surface area contributed by atoms with Crippen molar-refractivity contribution in [1.82, 2.24) is 0 Å². The Bertz CT molecular complexity index is 924. The van der Waals surface area contributed by atoms with E-state index < -0.39 is 18.8 Å². The Kier molecular flexibility index (Phi) is 7.41. The van der Waals surface area contributed by atoms with Crippen LogP contribution in [-0.4, -0.2) is 35.1 Å². The van der Waals surface area contributed by atoms with Gasteiger partial charge in [-0.2, -0.15) is 0 Å². The van der Waals surface area contributed by atoms with E-state index in [0.717, 1.165) is 5.56 Å². The number of aliphatic hydroxyl groups excluding tert-OH is 3. The zero-order valence-corrected chi connectivity index (χ0v) is 16.5. The summed E-state index contributed by atoms with van der Waals surface area (Å²) >= 11 is 0. The predicted octanol–water partition coefficient (Wildman–Crippen LogP) is 3.20. The Morgan fingerprint density at radius 1 is 0.767 bits per heavy atom. The van der Waals surface area contributed by atoms with E-state index in [1.165, 1.54) is 12.1 Å². The summed E-state index contributed by atoms with van der Waals surface area (Å²) in [6.07, 6.45) is 0.561. The minimum atomic E-state index is -1.37. The van der Waals surface area contributed by atoms with Crippen LogP contribution in [0, 0.1) is 5.82 Å². The first kappa shape index (κ1) is 21.8. The van der Waals surface area contributed by atoms with Gasteiger partial charge in [-0.15, -0.1) is 0 Å². The molecule has 0 radical (unpaired) electrons. The van der Waals surface area contributed by atoms with Crippen LogP contribution in [0.25, 0.3) is 0 Å². The number of rotatable bonds is 10. The number of benzene rings is 3. The zero-order valence-electron chi connectivity index (χ0n) is 16.5. The average molecular weight is 412 g/mol. The molecule has 3 aromatic rings. The quantitative estimate of drug-likeness (QED) is 0.477. The molecule has 0 aliphatic heterocycles. The Balaban J connectivity index is 1.82. The van der Waals surface area contributed by atoms with Gasteiger partial charge in [0, 0.05) is 12.0 Å². The van der Waals surface area contributed by atoms with Crippen molar-refractivity contribution in [1.29, 1.82) is 0 Å². The standard InChI is InChI=1S/C24H25FO5/c25-21-9-6-18(7-10-21)12-13-29-22-11-8-19(15-26)14-23(22)30-24(16-27,17-28)20-4-2-1-3-5-20/h1-11,14,26-28H,12-13,15-17H2. The number of hydrogen-bond donors (Lipinski definition) is 3. The molecule has 0 fully saturated rings. The van der Waals surface area contributed by atoms with Crippen LogP contribution in [0.3, 0.4) is 0 Å². The SMILES string of the molecule is OCc1ccc(OCCc2ccc(F)cc2)c(OC(CO)(CO)c2ccccc2)c1. The summed E-state index contributed by atoms with van der Waals surface area (Å²) in [7, 11) is 0. The predicted molar refractivity (Wildman–Crippen MR) is 111 cm³/mol. The molecule has 0 spiro atoms. The topological polar surface area (TPSA) is 79.2 Å². The van der Waals surface area contributed by atoms with Crippen LogP contribution >= 0.6 is 0 Å². The van der Waals surface area contributed by atoms with E-state index in [2.05, 4.69) is 0 Å². The van der Waals surface area contributed by atoms with E-state index in [1.54, 1.807) is 54.6 Å². The van der Waals surface area contributed by atoms with E-state index in [0.29, 0.717) is 35.7 Å². The minimum absolute atomic E-state index is 0.192. The molecule has 5 nitrogen and oxygen atoms in total. The van der Waals surface area contributed by atoms with Crippen LogP contribution in [0.5, 0.6) is 11.5 Å². The summed E-state index contributed by atoms with van der Waals surface area (Å²) < 4.78 is 25.0. The molecule has 0 saturated heterocycles. The number of aliphatic hydroxyl groups is 3. The fourth-order valence-electron chi connectivity index (χ4n) is 3.09. The Morgan fingerprint density at radius 3 is 2.07 bits per heavy atom. The van der Waals surface area contributed by atoms with E-state index in [-0.39, 0.29) is 12.4 Å². The maximum absolute atomic E-state index is 13.1. The van der Waals surface area contributed by atoms with Crippen molar-refractivity contribution >= 4 is 0 Å². The van der Waals surface area contributed by atoms with Gasteiger partial charge >= 0.3 is 0 Å². The van der Waals surface area contributed by atoms with Gasteiger partial charge in [0.2, 0.25) is 0 Å². The van der Waals surface area contributed by atoms with Gasteiger partial charge in [0.05, 0.1) is 26.4 Å². The normalized spacial score (nSPS) is 11.3. The zero-order chi connectivity index (χ0) is 21.4. The summed E-state index contributed by atoms with van der Waals surface area (Å²) in [4.78, 5) is 0. The van der Waals surface area contributed by atoms with Gasteiger partial charge in [0.25, 0.3) is 0 Å². The first-order chi connectivity index (χ1) is 14.6. The average Bonchev–Trinajstić information content (AvgIpc) is 2.80. The second-order valence-corrected chi connectivity index (χ2v) is 6.94. The Labute approximate surface area is 175 Å². The number of halogens is 1. The molecule has 0 aliphatic rings. The highest BCUT2D eigenvalue weighted by molar-refractivity contribution is 5.44. The molecular weight excluding hydrogens is 387 g/mol. The van der Waals surface area contributed by atoms with Gasteiger partial charge in [-0.3, -0.25) is 0 Å². The Hall–Kier alpha value is -2.93. The summed E-state index contributed by atoms with van der Waals surface area (Å²) in [6.45, 7) is -0.780. The van der Waals surface area contributed by atoms with Crippen molar-refractivity contribution in [2.45, 2.75) is 18.6 Å². The second kappa shape index (κ2) is 10.2. The lowest BCUT2D eigenvalue weighted by Crippen LogP contribution is -2.41. The molecule has 6 heteroatoms. The van der Waals surface area contributed by atoms with Gasteiger partial charge in [0.1, 0.15) is 5.82 Å². The first-order valence-electron chi connectivity index (χ1n) is 9.67. The molecule has 30 heavy (non-hydrogen) atoms. The van der Waals surface area contributed by atoms with E-state index >= 15 is 0 Å². The van der Waals surface area contributed by atoms with E-state index in [4.69, 9.17) is 9.47 Å². The fraction of sp³-hybridized carbons (Fsp3) is 0.250. The molecule has 158 valence electrons. The number of hydrogen-bond acceptors (Lipinski definition) is 5. The van der Waals surface area contributed by atoms with Crippen molar-refractivity contribution in [3.05, 3.63) is 95.3 Å². The lowest BCUT2D eigenvalue weighted by Gasteiger charge is -2.32. The van der Waals surface area contributed by atoms with Gasteiger partial charge in [-0.05, 0) is 35.4 Å². The highest BCUT2D eigenvalue weighted by Crippen LogP contribution is 2.35. The first-order valence-corrected chi connectivity index (χ1v) is 9.67. The van der Waals surface area contributed by atoms with Crippen LogP contribution in [-0.2, 0) is 18.6 Å². The maximum Gasteiger partial charge on any atom is 0.180 e. The van der Waals surface area contributed by atoms with Crippen LogP contribution < -0.4 is 9.47 Å². The monoisotopic (exact) mass is 412 g/mol. The van der Waals surface area contributed by atoms with Crippen molar-refractivity contribution < 1.29 is 29.2 Å². The molecule has 0 unspecified atom stereocenters. The van der Waals surface area contributed by atoms with Crippen LogP contribution in [0.1, 0.15) is 16.7 Å². The molecule has 0 aliphatic carbocycles. The molecule has 0 bridgehead atoms. The fourth-order valence-corrected chi connectivity index (χ4v) is 3.09. The van der Waals surface area contributed by atoms with Crippen LogP contribution in [0.15, 0.2) is 72.8 Å². The third-order valence-electron chi connectivity index (χ3n) is 4.87. The lowest BCUT2D eigenvalue weighted by molar-refractivity contribution is -0.0401. The molecule has 3 aromatic carbocycles. The summed E-state index contributed by atoms with van der Waals surface area (Å²) in [5, 5.41) is 29.6. The molecule has 0 aromatic heterocycles. The highest BCUT2D eigenvalue weighted by Gasteiger charge is 2.34. The largest absolute Gasteiger partial charge is 0.489 e. The van der Waals surface area contributed by atoms with Crippen molar-refractivity contribution in [2.24, 2.45) is 0 Å². The second-order valence-electron chi connectivity index (χ2n) is 6.94. The van der Waals surface area contributed by atoms with Crippen LogP contribution in [0.4, 0.5) is 4.39 Å². The third-order valence-corrected chi connectivity index (χ3v) is 4.87. The number of ether oxygens (including phenoxy) is 2. The molecular formula is C24H25FO5. The lowest BCUT2D eigenvalue weighted by atomic mass is 9.95. The van der Waals surface area contributed by atoms with Gasteiger partial charge in [-0.25, -0.2) is 4.39 Å². The molecule has 3 N–H and O–H groups in total. The summed E-state index contributed by atoms with van der Waals surface area (Å²) in [5.74, 6) is 0.421. The van der Waals surface area contributed by atoms with Gasteiger partial charge in [0.15, 0.2) is 17.1 Å². The Morgan fingerprint density at radius 2 is 1.43 bits per heavy atom. The highest BCUT2D eigenvalue weighted by atomic mass is 19.1. The summed E-state index contributed by atoms with van der Waals surface area (Å²) in [5.41, 5.74) is 0.773. The molecule has 0 atom stereocenters. The molecule has 0 heterocycles. The van der Waals surface area contributed by atoms with Crippen molar-refractivity contribution in [2.75, 3.05) is 19.8 Å². The van der Waals surface area contributed by atoms with Crippen molar-refractivity contribution in [3.8, 4) is 11.5 Å². The molecule has 0 saturated carbocycles. The van der Waals surface area contributed by atoms with E-state index in [9.17, 15) is 19.7 Å². The van der Waals surface area contributed by atoms with Crippen molar-refractivity contribution in [3.63, 3.8) is 0 Å². The van der Waals surface area contributed by atoms with Gasteiger partial charge < -0.3 is 24.8 Å².